The van der Waals surface area contributed by atoms with Crippen LogP contribution in [0.5, 0.6) is 5.75 Å². The highest BCUT2D eigenvalue weighted by molar-refractivity contribution is 5.99. The second-order valence-corrected chi connectivity index (χ2v) is 5.89. The van der Waals surface area contributed by atoms with Crippen LogP contribution in [0.1, 0.15) is 25.3 Å². The van der Waals surface area contributed by atoms with Crippen LogP contribution in [0.4, 0.5) is 15.0 Å². The van der Waals surface area contributed by atoms with Gasteiger partial charge in [0, 0.05) is 23.6 Å². The topological polar surface area (TPSA) is 79.0 Å². The van der Waals surface area contributed by atoms with Crippen molar-refractivity contribution in [3.8, 4) is 5.75 Å². The minimum absolute atomic E-state index is 0.136. The Morgan fingerprint density at radius 1 is 1.27 bits per heavy atom. The summed E-state index contributed by atoms with van der Waals surface area (Å²) in [7, 11) is 0. The monoisotopic (exact) mass is 356 g/mol. The maximum atomic E-state index is 13.6. The average molecular weight is 356 g/mol. The highest BCUT2D eigenvalue weighted by Crippen LogP contribution is 2.25. The fourth-order valence-corrected chi connectivity index (χ4v) is 2.49. The van der Waals surface area contributed by atoms with Crippen LogP contribution in [0.3, 0.4) is 0 Å². The number of rotatable bonds is 7. The Bertz CT molecular complexity index is 894. The zero-order chi connectivity index (χ0) is 18.4. The largest absolute Gasteiger partial charge is 0.489 e. The third kappa shape index (κ3) is 4.30. The van der Waals surface area contributed by atoms with Crippen LogP contribution >= 0.6 is 0 Å². The summed E-state index contributed by atoms with van der Waals surface area (Å²) in [6.45, 7) is 2.82. The molecular weight excluding hydrogens is 335 g/mol. The normalized spacial score (nSPS) is 10.7. The van der Waals surface area contributed by atoms with Gasteiger partial charge in [0.1, 0.15) is 18.2 Å². The van der Waals surface area contributed by atoms with Crippen molar-refractivity contribution in [3.05, 3.63) is 53.8 Å². The van der Waals surface area contributed by atoms with Crippen LogP contribution in [-0.4, -0.2) is 22.8 Å². The third-order valence-electron chi connectivity index (χ3n) is 3.93. The molecule has 6 nitrogen and oxygen atoms in total. The predicted molar refractivity (Wildman–Crippen MR) is 98.8 cm³/mol. The van der Waals surface area contributed by atoms with Gasteiger partial charge < -0.3 is 10.1 Å². The van der Waals surface area contributed by atoms with Gasteiger partial charge >= 0.3 is 6.03 Å². The molecule has 0 unspecified atom stereocenters. The molecule has 7 heteroatoms. The molecule has 0 saturated carbocycles. The van der Waals surface area contributed by atoms with Crippen molar-refractivity contribution in [2.75, 3.05) is 11.9 Å². The Hall–Kier alpha value is -3.09. The number of carbonyl (C=O) groups excluding carboxylic acids is 1. The number of urea groups is 1. The van der Waals surface area contributed by atoms with Gasteiger partial charge in [-0.2, -0.15) is 5.10 Å². The van der Waals surface area contributed by atoms with Gasteiger partial charge in [0.05, 0.1) is 5.52 Å². The summed E-state index contributed by atoms with van der Waals surface area (Å²) in [5, 5.41) is 13.3. The van der Waals surface area contributed by atoms with Gasteiger partial charge in [-0.3, -0.25) is 10.4 Å². The van der Waals surface area contributed by atoms with E-state index in [1.165, 1.54) is 6.07 Å². The van der Waals surface area contributed by atoms with E-state index >= 15 is 0 Å². The smallest absolute Gasteiger partial charge is 0.320 e. The minimum atomic E-state index is -0.296. The number of H-pyrrole nitrogens is 1. The first kappa shape index (κ1) is 17.7. The molecule has 3 rings (SSSR count). The van der Waals surface area contributed by atoms with E-state index in [-0.39, 0.29) is 18.5 Å². The van der Waals surface area contributed by atoms with Crippen LogP contribution in [-0.2, 0) is 6.61 Å². The number of carbonyl (C=O) groups is 1. The first-order chi connectivity index (χ1) is 12.7. The van der Waals surface area contributed by atoms with Crippen LogP contribution in [0, 0.1) is 5.82 Å². The van der Waals surface area contributed by atoms with Crippen molar-refractivity contribution in [1.29, 1.82) is 0 Å². The Balaban J connectivity index is 1.65. The molecule has 0 aliphatic rings. The van der Waals surface area contributed by atoms with E-state index in [0.717, 1.165) is 23.7 Å². The van der Waals surface area contributed by atoms with Gasteiger partial charge in [-0.25, -0.2) is 9.18 Å². The van der Waals surface area contributed by atoms with Gasteiger partial charge in [0.25, 0.3) is 0 Å². The summed E-state index contributed by atoms with van der Waals surface area (Å²) in [6, 6.07) is 11.5. The van der Waals surface area contributed by atoms with E-state index in [1.54, 1.807) is 36.4 Å². The summed E-state index contributed by atoms with van der Waals surface area (Å²) in [4.78, 5) is 11.9. The fourth-order valence-electron chi connectivity index (χ4n) is 2.49. The van der Waals surface area contributed by atoms with Crippen molar-refractivity contribution < 1.29 is 13.9 Å². The SMILES string of the molecule is CCCCNC(=O)Nc1n[nH]c2cc(OCc3ccccc3F)ccc12. The minimum Gasteiger partial charge on any atom is -0.489 e. The molecule has 0 saturated heterocycles. The Morgan fingerprint density at radius 2 is 2.12 bits per heavy atom. The Labute approximate surface area is 150 Å². The number of amides is 2. The van der Waals surface area contributed by atoms with Crippen molar-refractivity contribution >= 4 is 22.8 Å². The lowest BCUT2D eigenvalue weighted by atomic mass is 10.2. The number of hydrogen-bond donors (Lipinski definition) is 3. The number of aromatic amines is 1. The van der Waals surface area contributed by atoms with E-state index in [2.05, 4.69) is 27.8 Å². The van der Waals surface area contributed by atoms with Crippen LogP contribution in [0.15, 0.2) is 42.5 Å². The van der Waals surface area contributed by atoms with E-state index in [1.807, 2.05) is 0 Å². The summed E-state index contributed by atoms with van der Waals surface area (Å²) < 4.78 is 19.3. The van der Waals surface area contributed by atoms with E-state index in [4.69, 9.17) is 4.74 Å². The Kier molecular flexibility index (Phi) is 5.68. The fraction of sp³-hybridized carbons (Fsp3) is 0.263. The third-order valence-corrected chi connectivity index (χ3v) is 3.93. The molecule has 0 fully saturated rings. The van der Waals surface area contributed by atoms with Gasteiger partial charge in [0.2, 0.25) is 0 Å². The number of benzene rings is 2. The summed E-state index contributed by atoms with van der Waals surface area (Å²) in [6.07, 6.45) is 1.94. The summed E-state index contributed by atoms with van der Waals surface area (Å²) in [5.74, 6) is 0.744. The number of halogens is 1. The van der Waals surface area contributed by atoms with Crippen LogP contribution in [0.2, 0.25) is 0 Å². The van der Waals surface area contributed by atoms with E-state index in [0.29, 0.717) is 23.7 Å². The van der Waals surface area contributed by atoms with Gasteiger partial charge in [0.15, 0.2) is 5.82 Å². The molecule has 0 radical (unpaired) electrons. The molecule has 26 heavy (non-hydrogen) atoms. The molecule has 3 N–H and O–H groups in total. The molecule has 1 aromatic heterocycles. The molecule has 0 bridgehead atoms. The molecule has 2 amide bonds. The van der Waals surface area contributed by atoms with Crippen LogP contribution in [0.25, 0.3) is 10.9 Å². The lowest BCUT2D eigenvalue weighted by Crippen LogP contribution is -2.29. The van der Waals surface area contributed by atoms with Gasteiger partial charge in [-0.05, 0) is 24.6 Å². The average Bonchev–Trinajstić information content (AvgIpc) is 3.03. The first-order valence-corrected chi connectivity index (χ1v) is 8.56. The van der Waals surface area contributed by atoms with E-state index < -0.39 is 0 Å². The summed E-state index contributed by atoms with van der Waals surface area (Å²) in [5.41, 5.74) is 1.21. The van der Waals surface area contributed by atoms with Gasteiger partial charge in [-0.15, -0.1) is 0 Å². The van der Waals surface area contributed by atoms with Gasteiger partial charge in [-0.1, -0.05) is 31.5 Å². The number of ether oxygens (including phenoxy) is 1. The summed E-state index contributed by atoms with van der Waals surface area (Å²) >= 11 is 0. The van der Waals surface area contributed by atoms with Crippen LogP contribution < -0.4 is 15.4 Å². The van der Waals surface area contributed by atoms with Crippen molar-refractivity contribution in [2.45, 2.75) is 26.4 Å². The predicted octanol–water partition coefficient (Wildman–Crippen LogP) is 4.20. The molecule has 1 heterocycles. The second kappa shape index (κ2) is 8.33. The quantitative estimate of drug-likeness (QED) is 0.555. The molecule has 0 atom stereocenters. The number of fused-ring (bicyclic) bond motifs is 1. The van der Waals surface area contributed by atoms with Crippen molar-refractivity contribution in [2.24, 2.45) is 0 Å². The second-order valence-electron chi connectivity index (χ2n) is 5.89. The first-order valence-electron chi connectivity index (χ1n) is 8.56. The number of unbranched alkanes of at least 4 members (excludes halogenated alkanes) is 1. The molecule has 0 aliphatic carbocycles. The number of anilines is 1. The number of nitrogens with one attached hydrogen (secondary N) is 3. The maximum absolute atomic E-state index is 13.6. The standard InChI is InChI=1S/C19H21FN4O2/c1-2-3-10-21-19(25)22-18-15-9-8-14(11-17(15)23-24-18)26-12-13-6-4-5-7-16(13)20/h4-9,11H,2-3,10,12H2,1H3,(H3,21,22,23,24,25). The molecule has 0 spiro atoms. The van der Waals surface area contributed by atoms with Crippen molar-refractivity contribution in [1.82, 2.24) is 15.5 Å². The lowest BCUT2D eigenvalue weighted by Gasteiger charge is -2.07. The van der Waals surface area contributed by atoms with Crippen molar-refractivity contribution in [3.63, 3.8) is 0 Å². The number of nitrogens with zero attached hydrogens (tertiary/aromatic N) is 1. The Morgan fingerprint density at radius 3 is 2.92 bits per heavy atom. The maximum Gasteiger partial charge on any atom is 0.320 e. The number of hydrogen-bond acceptors (Lipinski definition) is 3. The lowest BCUT2D eigenvalue weighted by molar-refractivity contribution is 0.252. The molecule has 0 aliphatic heterocycles. The highest BCUT2D eigenvalue weighted by atomic mass is 19.1. The van der Waals surface area contributed by atoms with E-state index in [9.17, 15) is 9.18 Å². The zero-order valence-corrected chi connectivity index (χ0v) is 14.5. The molecule has 136 valence electrons. The molecule has 3 aromatic rings. The molecular formula is C19H21FN4O2. The number of aromatic nitrogens is 2. The highest BCUT2D eigenvalue weighted by Gasteiger charge is 2.10. The molecule has 2 aromatic carbocycles. The zero-order valence-electron chi connectivity index (χ0n) is 14.5.